The van der Waals surface area contributed by atoms with Crippen LogP contribution in [0.25, 0.3) is 10.9 Å². The molecule has 3 rings (SSSR count). The Morgan fingerprint density at radius 2 is 1.93 bits per heavy atom. The largest absolute Gasteiger partial charge is 0.452 e. The van der Waals surface area contributed by atoms with E-state index in [4.69, 9.17) is 16.3 Å². The highest BCUT2D eigenvalue weighted by Crippen LogP contribution is 2.27. The average Bonchev–Trinajstić information content (AvgIpc) is 2.67. The van der Waals surface area contributed by atoms with Gasteiger partial charge in [-0.25, -0.2) is 4.79 Å². The molecule has 0 fully saturated rings. The van der Waals surface area contributed by atoms with Crippen LogP contribution in [0.5, 0.6) is 0 Å². The minimum absolute atomic E-state index is 0.0422. The Bertz CT molecular complexity index is 1150. The number of anilines is 1. The van der Waals surface area contributed by atoms with Gasteiger partial charge in [0.15, 0.2) is 6.61 Å². The highest BCUT2D eigenvalue weighted by Gasteiger charge is 2.19. The van der Waals surface area contributed by atoms with Crippen LogP contribution in [0.15, 0.2) is 42.5 Å². The van der Waals surface area contributed by atoms with Crippen molar-refractivity contribution in [1.29, 1.82) is 0 Å². The van der Waals surface area contributed by atoms with E-state index in [-0.39, 0.29) is 22.0 Å². The molecule has 0 unspecified atom stereocenters. The maximum atomic E-state index is 12.4. The van der Waals surface area contributed by atoms with E-state index in [0.29, 0.717) is 5.69 Å². The number of hydrogen-bond acceptors (Lipinski definition) is 6. The molecule has 0 saturated carbocycles. The summed E-state index contributed by atoms with van der Waals surface area (Å²) >= 11 is 5.74. The summed E-state index contributed by atoms with van der Waals surface area (Å²) in [5.41, 5.74) is 2.08. The van der Waals surface area contributed by atoms with Gasteiger partial charge in [0.25, 0.3) is 11.6 Å². The van der Waals surface area contributed by atoms with Crippen LogP contribution >= 0.6 is 11.6 Å². The first-order valence-corrected chi connectivity index (χ1v) is 8.91. The Kier molecular flexibility index (Phi) is 5.74. The Morgan fingerprint density at radius 3 is 2.66 bits per heavy atom. The number of nitrogens with one attached hydrogen (secondary N) is 1. The minimum Gasteiger partial charge on any atom is -0.452 e. The maximum Gasteiger partial charge on any atom is 0.340 e. The summed E-state index contributed by atoms with van der Waals surface area (Å²) in [6, 6.07) is 11.2. The summed E-state index contributed by atoms with van der Waals surface area (Å²) in [6.45, 7) is 2.99. The van der Waals surface area contributed by atoms with Crippen LogP contribution in [0.4, 0.5) is 11.4 Å². The number of carbonyl (C=O) groups is 2. The molecule has 0 aliphatic rings. The van der Waals surface area contributed by atoms with Gasteiger partial charge >= 0.3 is 5.97 Å². The van der Waals surface area contributed by atoms with Gasteiger partial charge in [0.1, 0.15) is 5.69 Å². The third-order valence-electron chi connectivity index (χ3n) is 4.15. The molecule has 1 aromatic heterocycles. The molecular weight excluding hydrogens is 398 g/mol. The number of ether oxygens (including phenoxy) is 1. The van der Waals surface area contributed by atoms with Crippen LogP contribution in [0.1, 0.15) is 21.6 Å². The van der Waals surface area contributed by atoms with E-state index in [1.807, 2.05) is 25.1 Å². The van der Waals surface area contributed by atoms with Crippen molar-refractivity contribution >= 4 is 45.8 Å². The van der Waals surface area contributed by atoms with Gasteiger partial charge in [-0.2, -0.15) is 0 Å². The first-order valence-electron chi connectivity index (χ1n) is 8.53. The SMILES string of the molecule is Cc1ccc2nc(C)c(C(=O)OCC(=O)Nc3ccc(Cl)cc3[N+](=O)[O-])cc2c1. The van der Waals surface area contributed by atoms with Crippen LogP contribution in [0.3, 0.4) is 0 Å². The molecular formula is C20H16ClN3O5. The normalized spacial score (nSPS) is 10.6. The van der Waals surface area contributed by atoms with Crippen molar-refractivity contribution in [3.63, 3.8) is 0 Å². The Labute approximate surface area is 170 Å². The summed E-state index contributed by atoms with van der Waals surface area (Å²) in [5.74, 6) is -1.43. The van der Waals surface area contributed by atoms with Gasteiger partial charge in [0.05, 0.1) is 21.7 Å². The molecule has 148 valence electrons. The number of esters is 1. The van der Waals surface area contributed by atoms with Crippen LogP contribution in [0, 0.1) is 24.0 Å². The zero-order valence-corrected chi connectivity index (χ0v) is 16.3. The quantitative estimate of drug-likeness (QED) is 0.381. The molecule has 1 N–H and O–H groups in total. The van der Waals surface area contributed by atoms with E-state index >= 15 is 0 Å². The molecule has 1 amide bonds. The predicted molar refractivity (Wildman–Crippen MR) is 108 cm³/mol. The number of carbonyl (C=O) groups excluding carboxylic acids is 2. The highest BCUT2D eigenvalue weighted by molar-refractivity contribution is 6.31. The van der Waals surface area contributed by atoms with Gasteiger partial charge in [-0.15, -0.1) is 0 Å². The predicted octanol–water partition coefficient (Wildman–Crippen LogP) is 4.21. The van der Waals surface area contributed by atoms with E-state index in [9.17, 15) is 19.7 Å². The molecule has 29 heavy (non-hydrogen) atoms. The lowest BCUT2D eigenvalue weighted by atomic mass is 10.1. The third-order valence-corrected chi connectivity index (χ3v) is 4.38. The van der Waals surface area contributed by atoms with Crippen molar-refractivity contribution in [3.05, 3.63) is 74.4 Å². The molecule has 0 aliphatic heterocycles. The van der Waals surface area contributed by atoms with Gasteiger partial charge in [-0.05, 0) is 44.2 Å². The second-order valence-corrected chi connectivity index (χ2v) is 6.80. The summed E-state index contributed by atoms with van der Waals surface area (Å²) in [7, 11) is 0. The van der Waals surface area contributed by atoms with Crippen LogP contribution in [-0.4, -0.2) is 28.4 Å². The molecule has 0 radical (unpaired) electrons. The molecule has 3 aromatic rings. The summed E-state index contributed by atoms with van der Waals surface area (Å²) < 4.78 is 5.06. The fourth-order valence-electron chi connectivity index (χ4n) is 2.76. The number of hydrogen-bond donors (Lipinski definition) is 1. The van der Waals surface area contributed by atoms with Crippen molar-refractivity contribution < 1.29 is 19.2 Å². The molecule has 0 spiro atoms. The lowest BCUT2D eigenvalue weighted by molar-refractivity contribution is -0.383. The minimum atomic E-state index is -0.717. The number of nitro benzene ring substituents is 1. The van der Waals surface area contributed by atoms with Gasteiger partial charge < -0.3 is 10.1 Å². The summed E-state index contributed by atoms with van der Waals surface area (Å²) in [4.78, 5) is 39.3. The third kappa shape index (κ3) is 4.67. The Hall–Kier alpha value is -3.52. The van der Waals surface area contributed by atoms with Crippen molar-refractivity contribution in [2.45, 2.75) is 13.8 Å². The number of aromatic nitrogens is 1. The number of fused-ring (bicyclic) bond motifs is 1. The fourth-order valence-corrected chi connectivity index (χ4v) is 2.92. The van der Waals surface area contributed by atoms with Crippen LogP contribution in [-0.2, 0) is 9.53 Å². The second kappa shape index (κ2) is 8.24. The molecule has 0 aliphatic carbocycles. The van der Waals surface area contributed by atoms with Crippen LogP contribution < -0.4 is 5.32 Å². The van der Waals surface area contributed by atoms with Gasteiger partial charge in [-0.1, -0.05) is 23.2 Å². The van der Waals surface area contributed by atoms with Crippen LogP contribution in [0.2, 0.25) is 5.02 Å². The lowest BCUT2D eigenvalue weighted by Crippen LogP contribution is -2.22. The molecule has 8 nitrogen and oxygen atoms in total. The Morgan fingerprint density at radius 1 is 1.17 bits per heavy atom. The maximum absolute atomic E-state index is 12.4. The number of halogens is 1. The van der Waals surface area contributed by atoms with Gasteiger partial charge in [0.2, 0.25) is 0 Å². The molecule has 9 heteroatoms. The van der Waals surface area contributed by atoms with Crippen molar-refractivity contribution in [3.8, 4) is 0 Å². The van der Waals surface area contributed by atoms with E-state index in [1.165, 1.54) is 12.1 Å². The zero-order valence-electron chi connectivity index (χ0n) is 15.6. The topological polar surface area (TPSA) is 111 Å². The number of rotatable bonds is 5. The first kappa shape index (κ1) is 20.2. The molecule has 0 bridgehead atoms. The number of pyridine rings is 1. The number of nitro groups is 1. The van der Waals surface area contributed by atoms with E-state index < -0.39 is 23.4 Å². The molecule has 0 saturated heterocycles. The van der Waals surface area contributed by atoms with Crippen molar-refractivity contribution in [2.75, 3.05) is 11.9 Å². The Balaban J connectivity index is 1.71. The number of nitrogens with zero attached hydrogens (tertiary/aromatic N) is 2. The van der Waals surface area contributed by atoms with Crippen molar-refractivity contribution in [1.82, 2.24) is 4.98 Å². The van der Waals surface area contributed by atoms with E-state index in [0.717, 1.165) is 22.5 Å². The highest BCUT2D eigenvalue weighted by atomic mass is 35.5. The number of aryl methyl sites for hydroxylation is 2. The number of benzene rings is 2. The average molecular weight is 414 g/mol. The monoisotopic (exact) mass is 413 g/mol. The standard InChI is InChI=1S/C20H16ClN3O5/c1-11-3-5-16-13(7-11)8-15(12(2)22-16)20(26)29-10-19(25)23-17-6-4-14(21)9-18(17)24(27)28/h3-9H,10H2,1-2H3,(H,23,25). The zero-order chi connectivity index (χ0) is 21.1. The summed E-state index contributed by atoms with van der Waals surface area (Å²) in [6.07, 6.45) is 0. The molecule has 1 heterocycles. The van der Waals surface area contributed by atoms with Crippen molar-refractivity contribution in [2.24, 2.45) is 0 Å². The number of amides is 1. The fraction of sp³-hybridized carbons (Fsp3) is 0.150. The van der Waals surface area contributed by atoms with E-state index in [1.54, 1.807) is 13.0 Å². The molecule has 0 atom stereocenters. The van der Waals surface area contributed by atoms with E-state index in [2.05, 4.69) is 10.3 Å². The first-order chi connectivity index (χ1) is 13.7. The second-order valence-electron chi connectivity index (χ2n) is 6.36. The van der Waals surface area contributed by atoms with Gasteiger partial charge in [-0.3, -0.25) is 19.9 Å². The lowest BCUT2D eigenvalue weighted by Gasteiger charge is -2.09. The summed E-state index contributed by atoms with van der Waals surface area (Å²) in [5, 5.41) is 14.4. The smallest absolute Gasteiger partial charge is 0.340 e. The van der Waals surface area contributed by atoms with Gasteiger partial charge in [0, 0.05) is 16.5 Å². The molecule has 2 aromatic carbocycles.